The Labute approximate surface area is 94.4 Å². The molecule has 2 saturated carbocycles. The van der Waals surface area contributed by atoms with Crippen molar-refractivity contribution < 1.29 is 5.11 Å². The van der Waals surface area contributed by atoms with Crippen LogP contribution in [-0.2, 0) is 5.60 Å². The van der Waals surface area contributed by atoms with Crippen LogP contribution in [0.5, 0.6) is 0 Å². The third-order valence-corrected chi connectivity index (χ3v) is 4.60. The summed E-state index contributed by atoms with van der Waals surface area (Å²) in [5, 5.41) is 20.7. The van der Waals surface area contributed by atoms with Crippen LogP contribution >= 0.6 is 0 Å². The van der Waals surface area contributed by atoms with Crippen molar-refractivity contribution in [3.63, 3.8) is 0 Å². The van der Waals surface area contributed by atoms with Crippen molar-refractivity contribution in [2.75, 3.05) is 13.1 Å². The molecule has 1 aromatic rings. The standard InChI is InChI=1S/C12H17N3O/c16-12(1-2-12)10-3-9(14-15-10)8-4-11(5-8)6-13-7-11/h3,8,13,16H,1-2,4-7H2,(H,14,15). The molecule has 0 atom stereocenters. The number of hydrogen-bond donors (Lipinski definition) is 3. The Balaban J connectivity index is 1.50. The molecule has 1 aliphatic heterocycles. The molecule has 2 heterocycles. The minimum Gasteiger partial charge on any atom is -0.383 e. The summed E-state index contributed by atoms with van der Waals surface area (Å²) in [7, 11) is 0. The van der Waals surface area contributed by atoms with E-state index in [1.54, 1.807) is 0 Å². The molecular formula is C12H17N3O. The molecule has 2 aliphatic carbocycles. The molecule has 16 heavy (non-hydrogen) atoms. The van der Waals surface area contributed by atoms with Gasteiger partial charge in [-0.15, -0.1) is 0 Å². The summed E-state index contributed by atoms with van der Waals surface area (Å²) in [4.78, 5) is 0. The predicted molar refractivity (Wildman–Crippen MR) is 59.0 cm³/mol. The van der Waals surface area contributed by atoms with Crippen molar-refractivity contribution in [1.82, 2.24) is 15.5 Å². The van der Waals surface area contributed by atoms with E-state index in [-0.39, 0.29) is 0 Å². The number of aromatic amines is 1. The van der Waals surface area contributed by atoms with E-state index >= 15 is 0 Å². The minimum atomic E-state index is -0.589. The van der Waals surface area contributed by atoms with E-state index in [0.29, 0.717) is 11.3 Å². The summed E-state index contributed by atoms with van der Waals surface area (Å²) in [6, 6.07) is 2.08. The number of aliphatic hydroxyl groups is 1. The largest absolute Gasteiger partial charge is 0.383 e. The van der Waals surface area contributed by atoms with Crippen LogP contribution in [0, 0.1) is 5.41 Å². The van der Waals surface area contributed by atoms with Gasteiger partial charge in [-0.3, -0.25) is 5.10 Å². The van der Waals surface area contributed by atoms with Gasteiger partial charge < -0.3 is 10.4 Å². The van der Waals surface area contributed by atoms with Crippen LogP contribution in [0.25, 0.3) is 0 Å². The average molecular weight is 219 g/mol. The van der Waals surface area contributed by atoms with Gasteiger partial charge in [-0.1, -0.05) is 0 Å². The maximum atomic E-state index is 9.95. The monoisotopic (exact) mass is 219 g/mol. The molecule has 0 bridgehead atoms. The van der Waals surface area contributed by atoms with Gasteiger partial charge in [0.15, 0.2) is 0 Å². The lowest BCUT2D eigenvalue weighted by molar-refractivity contribution is 0.0347. The zero-order valence-corrected chi connectivity index (χ0v) is 9.29. The van der Waals surface area contributed by atoms with Crippen molar-refractivity contribution in [2.24, 2.45) is 5.41 Å². The molecular weight excluding hydrogens is 202 g/mol. The fraction of sp³-hybridized carbons (Fsp3) is 0.750. The second-order valence-corrected chi connectivity index (χ2v) is 5.95. The molecule has 1 saturated heterocycles. The maximum Gasteiger partial charge on any atom is 0.109 e. The lowest BCUT2D eigenvalue weighted by Gasteiger charge is -2.54. The van der Waals surface area contributed by atoms with Crippen LogP contribution in [0.15, 0.2) is 6.07 Å². The highest BCUT2D eigenvalue weighted by molar-refractivity contribution is 5.26. The highest BCUT2D eigenvalue weighted by Gasteiger charge is 2.50. The van der Waals surface area contributed by atoms with Crippen molar-refractivity contribution in [2.45, 2.75) is 37.2 Å². The van der Waals surface area contributed by atoms with E-state index in [1.807, 2.05) is 0 Å². The number of rotatable bonds is 2. The molecule has 0 radical (unpaired) electrons. The Hall–Kier alpha value is -0.870. The normalized spacial score (nSPS) is 29.8. The van der Waals surface area contributed by atoms with Crippen LogP contribution in [0.2, 0.25) is 0 Å². The quantitative estimate of drug-likeness (QED) is 0.691. The van der Waals surface area contributed by atoms with Gasteiger partial charge in [-0.05, 0) is 37.2 Å². The average Bonchev–Trinajstić information content (AvgIpc) is 2.72. The van der Waals surface area contributed by atoms with Gasteiger partial charge in [-0.25, -0.2) is 0 Å². The molecule has 0 aromatic carbocycles. The number of H-pyrrole nitrogens is 1. The Morgan fingerprint density at radius 1 is 1.31 bits per heavy atom. The maximum absolute atomic E-state index is 9.95. The molecule has 3 aliphatic rings. The molecule has 0 amide bonds. The summed E-state index contributed by atoms with van der Waals surface area (Å²) >= 11 is 0. The third-order valence-electron chi connectivity index (χ3n) is 4.60. The molecule has 4 rings (SSSR count). The lowest BCUT2D eigenvalue weighted by Crippen LogP contribution is -2.59. The first kappa shape index (κ1) is 9.19. The summed E-state index contributed by atoms with van der Waals surface area (Å²) in [6.45, 7) is 2.38. The Bertz CT molecular complexity index is 423. The van der Waals surface area contributed by atoms with Crippen LogP contribution in [0.3, 0.4) is 0 Å². The molecule has 4 nitrogen and oxygen atoms in total. The number of nitrogens with zero attached hydrogens (tertiary/aromatic N) is 1. The molecule has 3 N–H and O–H groups in total. The summed E-state index contributed by atoms with van der Waals surface area (Å²) in [5.41, 5.74) is 2.10. The molecule has 3 fully saturated rings. The minimum absolute atomic E-state index is 0.589. The van der Waals surface area contributed by atoms with Crippen molar-refractivity contribution >= 4 is 0 Å². The zero-order chi connectivity index (χ0) is 10.8. The first-order chi connectivity index (χ1) is 7.69. The van der Waals surface area contributed by atoms with Gasteiger partial charge in [0.05, 0.1) is 5.69 Å². The number of aromatic nitrogens is 2. The first-order valence-electron chi connectivity index (χ1n) is 6.18. The molecule has 86 valence electrons. The van der Waals surface area contributed by atoms with Crippen LogP contribution < -0.4 is 5.32 Å². The van der Waals surface area contributed by atoms with Gasteiger partial charge in [0, 0.05) is 24.7 Å². The Morgan fingerprint density at radius 2 is 2.06 bits per heavy atom. The van der Waals surface area contributed by atoms with E-state index in [2.05, 4.69) is 21.6 Å². The first-order valence-corrected chi connectivity index (χ1v) is 6.18. The Morgan fingerprint density at radius 3 is 2.62 bits per heavy atom. The zero-order valence-electron chi connectivity index (χ0n) is 9.29. The number of hydrogen-bond acceptors (Lipinski definition) is 3. The lowest BCUT2D eigenvalue weighted by atomic mass is 9.58. The van der Waals surface area contributed by atoms with Crippen molar-refractivity contribution in [3.05, 3.63) is 17.5 Å². The Kier molecular flexibility index (Phi) is 1.54. The van der Waals surface area contributed by atoms with Gasteiger partial charge in [0.25, 0.3) is 0 Å². The van der Waals surface area contributed by atoms with E-state index < -0.39 is 5.60 Å². The summed E-state index contributed by atoms with van der Waals surface area (Å²) in [5.74, 6) is 0.644. The van der Waals surface area contributed by atoms with Gasteiger partial charge >= 0.3 is 0 Å². The van der Waals surface area contributed by atoms with Gasteiger partial charge in [0.1, 0.15) is 5.60 Å². The fourth-order valence-electron chi connectivity index (χ4n) is 3.13. The molecule has 0 unspecified atom stereocenters. The highest BCUT2D eigenvalue weighted by Crippen LogP contribution is 2.53. The van der Waals surface area contributed by atoms with Crippen molar-refractivity contribution in [1.29, 1.82) is 0 Å². The van der Waals surface area contributed by atoms with Crippen LogP contribution in [-0.4, -0.2) is 28.4 Å². The summed E-state index contributed by atoms with van der Waals surface area (Å²) in [6.07, 6.45) is 4.30. The summed E-state index contributed by atoms with van der Waals surface area (Å²) < 4.78 is 0. The smallest absolute Gasteiger partial charge is 0.109 e. The second-order valence-electron chi connectivity index (χ2n) is 5.95. The third kappa shape index (κ3) is 1.14. The van der Waals surface area contributed by atoms with Crippen LogP contribution in [0.1, 0.15) is 43.0 Å². The van der Waals surface area contributed by atoms with E-state index in [0.717, 1.165) is 18.5 Å². The van der Waals surface area contributed by atoms with E-state index in [9.17, 15) is 5.11 Å². The van der Waals surface area contributed by atoms with Crippen LogP contribution in [0.4, 0.5) is 0 Å². The molecule has 1 aromatic heterocycles. The van der Waals surface area contributed by atoms with E-state index in [4.69, 9.17) is 0 Å². The SMILES string of the molecule is OC1(c2cc(C3CC4(CNC4)C3)[nH]n2)CC1. The molecule has 4 heteroatoms. The van der Waals surface area contributed by atoms with E-state index in [1.165, 1.54) is 31.6 Å². The fourth-order valence-corrected chi connectivity index (χ4v) is 3.13. The molecule has 1 spiro atoms. The van der Waals surface area contributed by atoms with Gasteiger partial charge in [-0.2, -0.15) is 5.10 Å². The topological polar surface area (TPSA) is 60.9 Å². The van der Waals surface area contributed by atoms with Gasteiger partial charge in [0.2, 0.25) is 0 Å². The van der Waals surface area contributed by atoms with Crippen molar-refractivity contribution in [3.8, 4) is 0 Å². The highest BCUT2D eigenvalue weighted by atomic mass is 16.3. The number of nitrogens with one attached hydrogen (secondary N) is 2. The second kappa shape index (κ2) is 2.68. The predicted octanol–water partition coefficient (Wildman–Crippen LogP) is 0.858.